The molecule has 2 aromatic rings. The van der Waals surface area contributed by atoms with Gasteiger partial charge in [-0.3, -0.25) is 4.98 Å². The second-order valence-electron chi connectivity index (χ2n) is 8.71. The molecular formula is C22H35N5O6S. The van der Waals surface area contributed by atoms with Crippen molar-refractivity contribution < 1.29 is 27.4 Å². The highest BCUT2D eigenvalue weighted by Crippen LogP contribution is 2.34. The van der Waals surface area contributed by atoms with Crippen LogP contribution < -0.4 is 4.74 Å². The highest BCUT2D eigenvalue weighted by Gasteiger charge is 2.35. The number of hydrogen-bond donors (Lipinski definition) is 0. The summed E-state index contributed by atoms with van der Waals surface area (Å²) in [6, 6.07) is -0.287. The Kier molecular flexibility index (Phi) is 8.96. The Hall–Kier alpha value is -2.15. The topological polar surface area (TPSA) is 128 Å². The van der Waals surface area contributed by atoms with Crippen LogP contribution in [0.1, 0.15) is 69.0 Å². The van der Waals surface area contributed by atoms with Gasteiger partial charge in [0.2, 0.25) is 5.88 Å². The highest BCUT2D eigenvalue weighted by molar-refractivity contribution is 7.91. The Balaban J connectivity index is 1.90. The smallest absolute Gasteiger partial charge is 0.231 e. The lowest BCUT2D eigenvalue weighted by Gasteiger charge is -2.24. The van der Waals surface area contributed by atoms with Crippen LogP contribution >= 0.6 is 0 Å². The molecule has 34 heavy (non-hydrogen) atoms. The lowest BCUT2D eigenvalue weighted by atomic mass is 10.1. The summed E-state index contributed by atoms with van der Waals surface area (Å²) in [5, 5.41) is 7.92. The Morgan fingerprint density at radius 2 is 1.79 bits per heavy atom. The number of nitrogens with zero attached hydrogens (tertiary/aromatic N) is 5. The molecule has 3 rings (SSSR count). The van der Waals surface area contributed by atoms with E-state index in [0.29, 0.717) is 36.4 Å². The number of sulfone groups is 1. The first-order valence-corrected chi connectivity index (χ1v) is 13.1. The largest absolute Gasteiger partial charge is 0.480 e. The van der Waals surface area contributed by atoms with Gasteiger partial charge in [0, 0.05) is 20.1 Å². The average molecular weight is 498 g/mol. The Morgan fingerprint density at radius 1 is 1.09 bits per heavy atom. The summed E-state index contributed by atoms with van der Waals surface area (Å²) in [6.45, 7) is 6.15. The molecule has 0 aromatic carbocycles. The van der Waals surface area contributed by atoms with E-state index in [-0.39, 0.29) is 29.9 Å². The first kappa shape index (κ1) is 26.5. The monoisotopic (exact) mass is 497 g/mol. The molecule has 0 unspecified atom stereocenters. The van der Waals surface area contributed by atoms with Crippen LogP contribution in [0.25, 0.3) is 0 Å². The lowest BCUT2D eigenvalue weighted by Crippen LogP contribution is -2.29. The molecule has 3 heterocycles. The van der Waals surface area contributed by atoms with Gasteiger partial charge < -0.3 is 23.5 Å². The van der Waals surface area contributed by atoms with Crippen molar-refractivity contribution in [2.24, 2.45) is 0 Å². The van der Waals surface area contributed by atoms with Crippen LogP contribution in [0.4, 0.5) is 0 Å². The minimum Gasteiger partial charge on any atom is -0.480 e. The molecule has 12 heteroatoms. The molecular weight excluding hydrogens is 462 g/mol. The Labute approximate surface area is 201 Å². The third-order valence-corrected chi connectivity index (χ3v) is 8.52. The quantitative estimate of drug-likeness (QED) is 0.431. The molecule has 0 bridgehead atoms. The highest BCUT2D eigenvalue weighted by atomic mass is 32.2. The van der Waals surface area contributed by atoms with Crippen molar-refractivity contribution >= 4 is 9.84 Å². The molecule has 1 aliphatic rings. The predicted molar refractivity (Wildman–Crippen MR) is 124 cm³/mol. The number of aromatic nitrogens is 5. The van der Waals surface area contributed by atoms with Crippen molar-refractivity contribution in [3.8, 4) is 5.88 Å². The second-order valence-corrected chi connectivity index (χ2v) is 11.1. The minimum absolute atomic E-state index is 0.108. The summed E-state index contributed by atoms with van der Waals surface area (Å²) in [5.74, 6) is 0.666. The number of methoxy groups -OCH3 is 3. The van der Waals surface area contributed by atoms with Crippen LogP contribution in [0.5, 0.6) is 5.88 Å². The molecule has 2 aromatic heterocycles. The van der Waals surface area contributed by atoms with Gasteiger partial charge in [-0.2, -0.15) is 0 Å². The van der Waals surface area contributed by atoms with E-state index in [1.807, 2.05) is 18.4 Å². The molecule has 0 amide bonds. The van der Waals surface area contributed by atoms with Crippen LogP contribution in [-0.4, -0.2) is 79.0 Å². The molecule has 190 valence electrons. The van der Waals surface area contributed by atoms with Crippen LogP contribution in [0.3, 0.4) is 0 Å². The molecule has 4 atom stereocenters. The fraction of sp³-hybridized carbons (Fsp3) is 0.727. The van der Waals surface area contributed by atoms with E-state index < -0.39 is 15.1 Å². The Bertz CT molecular complexity index is 1020. The lowest BCUT2D eigenvalue weighted by molar-refractivity contribution is 0.0399. The van der Waals surface area contributed by atoms with E-state index in [1.165, 1.54) is 13.3 Å². The second kappa shape index (κ2) is 11.5. The van der Waals surface area contributed by atoms with Crippen molar-refractivity contribution in [2.45, 2.75) is 68.8 Å². The first-order chi connectivity index (χ1) is 16.2. The van der Waals surface area contributed by atoms with Crippen LogP contribution in [0, 0.1) is 0 Å². The average Bonchev–Trinajstić information content (AvgIpc) is 3.43. The molecule has 0 saturated carbocycles. The van der Waals surface area contributed by atoms with Gasteiger partial charge in [0.15, 0.2) is 15.7 Å². The van der Waals surface area contributed by atoms with Crippen LogP contribution in [0.15, 0.2) is 12.4 Å². The summed E-state index contributed by atoms with van der Waals surface area (Å²) in [5.41, 5.74) is 0.573. The first-order valence-electron chi connectivity index (χ1n) is 11.4. The van der Waals surface area contributed by atoms with Crippen LogP contribution in [-0.2, 0) is 29.8 Å². The normalized spacial score (nSPS) is 20.6. The molecule has 0 N–H and O–H groups in total. The van der Waals surface area contributed by atoms with Crippen molar-refractivity contribution in [2.75, 3.05) is 34.5 Å². The summed E-state index contributed by atoms with van der Waals surface area (Å²) < 4.78 is 50.6. The third kappa shape index (κ3) is 5.91. The van der Waals surface area contributed by atoms with Crippen molar-refractivity contribution in [1.82, 2.24) is 24.7 Å². The Morgan fingerprint density at radius 3 is 2.32 bits per heavy atom. The maximum absolute atomic E-state index is 13.5. The maximum atomic E-state index is 13.5. The zero-order valence-corrected chi connectivity index (χ0v) is 21.5. The summed E-state index contributed by atoms with van der Waals surface area (Å²) >= 11 is 0. The van der Waals surface area contributed by atoms with Gasteiger partial charge in [-0.1, -0.05) is 6.92 Å². The van der Waals surface area contributed by atoms with Gasteiger partial charge in [-0.15, -0.1) is 10.2 Å². The van der Waals surface area contributed by atoms with E-state index in [2.05, 4.69) is 20.2 Å². The van der Waals surface area contributed by atoms with Gasteiger partial charge in [0.05, 0.1) is 55.8 Å². The molecule has 0 radical (unpaired) electrons. The van der Waals surface area contributed by atoms with Crippen molar-refractivity contribution in [3.05, 3.63) is 29.7 Å². The molecule has 1 fully saturated rings. The van der Waals surface area contributed by atoms with Crippen LogP contribution in [0.2, 0.25) is 0 Å². The van der Waals surface area contributed by atoms with E-state index in [1.54, 1.807) is 27.3 Å². The van der Waals surface area contributed by atoms with Crippen molar-refractivity contribution in [3.63, 3.8) is 0 Å². The number of hydrogen-bond acceptors (Lipinski definition) is 10. The summed E-state index contributed by atoms with van der Waals surface area (Å²) in [6.07, 6.45) is 4.58. The van der Waals surface area contributed by atoms with E-state index in [0.717, 1.165) is 12.8 Å². The zero-order chi connectivity index (χ0) is 24.9. The van der Waals surface area contributed by atoms with E-state index in [4.69, 9.17) is 18.9 Å². The van der Waals surface area contributed by atoms with Gasteiger partial charge in [-0.05, 0) is 26.7 Å². The predicted octanol–water partition coefficient (Wildman–Crippen LogP) is 2.26. The van der Waals surface area contributed by atoms with Crippen molar-refractivity contribution in [1.29, 1.82) is 0 Å². The SMILES string of the molecule is COCC(COC)n1c(CS(=O)(=O)[C@@H](C)[C@H](C)c2cnc(OC)cn2)nnc1[C@@H]1CC[C@H](C)O1. The van der Waals surface area contributed by atoms with Gasteiger partial charge >= 0.3 is 0 Å². The summed E-state index contributed by atoms with van der Waals surface area (Å²) in [7, 11) is 1.06. The van der Waals surface area contributed by atoms with E-state index in [9.17, 15) is 8.42 Å². The van der Waals surface area contributed by atoms with E-state index >= 15 is 0 Å². The summed E-state index contributed by atoms with van der Waals surface area (Å²) in [4.78, 5) is 8.47. The van der Waals surface area contributed by atoms with Gasteiger partial charge in [-0.25, -0.2) is 13.4 Å². The van der Waals surface area contributed by atoms with Gasteiger partial charge in [0.1, 0.15) is 17.7 Å². The number of rotatable bonds is 12. The zero-order valence-electron chi connectivity index (χ0n) is 20.7. The minimum atomic E-state index is -3.63. The fourth-order valence-corrected chi connectivity index (χ4v) is 5.74. The standard InChI is InChI=1S/C22H35N5O6S/c1-14-7-8-19(33-14)22-26-25-20(27(22)17(11-30-4)12-31-5)13-34(28,29)16(3)15(2)18-9-24-21(32-6)10-23-18/h9-10,14-17,19H,7-8,11-13H2,1-6H3/t14-,15-,16-,19-/m0/s1. The molecule has 11 nitrogen and oxygen atoms in total. The fourth-order valence-electron chi connectivity index (χ4n) is 4.16. The van der Waals surface area contributed by atoms with Gasteiger partial charge in [0.25, 0.3) is 0 Å². The molecule has 0 spiro atoms. The molecule has 1 saturated heterocycles. The maximum Gasteiger partial charge on any atom is 0.231 e. The third-order valence-electron chi connectivity index (χ3n) is 6.32. The number of ether oxygens (including phenoxy) is 4. The molecule has 1 aliphatic heterocycles. The molecule has 0 aliphatic carbocycles.